The molecular formula is C18H20O3S. The summed E-state index contributed by atoms with van der Waals surface area (Å²) in [5, 5.41) is 9.35. The van der Waals surface area contributed by atoms with Crippen molar-refractivity contribution in [2.45, 2.75) is 38.7 Å². The average Bonchev–Trinajstić information content (AvgIpc) is 2.49. The van der Waals surface area contributed by atoms with Crippen LogP contribution in [-0.4, -0.2) is 11.1 Å². The van der Waals surface area contributed by atoms with Gasteiger partial charge in [-0.25, -0.2) is 4.79 Å². The Bertz CT molecular complexity index is 708. The Morgan fingerprint density at radius 3 is 2.59 bits per heavy atom. The van der Waals surface area contributed by atoms with Crippen molar-refractivity contribution in [1.29, 1.82) is 0 Å². The maximum absolute atomic E-state index is 11.4. The molecule has 3 nitrogen and oxygen atoms in total. The molecule has 0 saturated carbocycles. The van der Waals surface area contributed by atoms with Gasteiger partial charge in [-0.3, -0.25) is 0 Å². The first-order valence-corrected chi connectivity index (χ1v) is 7.65. The molecule has 0 atom stereocenters. The molecule has 2 rings (SSSR count). The van der Waals surface area contributed by atoms with Crippen molar-refractivity contribution in [3.8, 4) is 5.75 Å². The van der Waals surface area contributed by atoms with E-state index in [2.05, 4.69) is 12.6 Å². The molecule has 4 heteroatoms. The van der Waals surface area contributed by atoms with Crippen LogP contribution in [0.4, 0.5) is 0 Å². The van der Waals surface area contributed by atoms with Crippen molar-refractivity contribution in [1.82, 2.24) is 0 Å². The molecule has 0 unspecified atom stereocenters. The molecule has 0 heterocycles. The molecule has 0 amide bonds. The summed E-state index contributed by atoms with van der Waals surface area (Å²) in [5.41, 5.74) is 4.07. The topological polar surface area (TPSA) is 46.5 Å². The van der Waals surface area contributed by atoms with E-state index in [1.54, 1.807) is 12.1 Å². The van der Waals surface area contributed by atoms with Crippen LogP contribution in [0.25, 0.3) is 0 Å². The number of benzene rings is 2. The van der Waals surface area contributed by atoms with E-state index in [-0.39, 0.29) is 6.61 Å². The summed E-state index contributed by atoms with van der Waals surface area (Å²) in [7, 11) is 0. The Balaban J connectivity index is 2.32. The Labute approximate surface area is 136 Å². The minimum Gasteiger partial charge on any atom is -0.489 e. The number of carboxylic acids is 1. The van der Waals surface area contributed by atoms with E-state index in [1.807, 2.05) is 39.0 Å². The lowest BCUT2D eigenvalue weighted by Crippen LogP contribution is -2.09. The van der Waals surface area contributed by atoms with Gasteiger partial charge >= 0.3 is 5.97 Å². The standard InChI is InChI=1S/C18H20O3S/c1-4-13-6-5-7-14(18(19)20)15(13)10-21-16-8-12(3)17(22)9-11(16)2/h5-9,22H,4,10H2,1-3H3,(H,19,20). The highest BCUT2D eigenvalue weighted by Gasteiger charge is 2.14. The minimum atomic E-state index is -0.924. The molecule has 1 N–H and O–H groups in total. The molecule has 116 valence electrons. The maximum Gasteiger partial charge on any atom is 0.336 e. The Hall–Kier alpha value is -1.94. The smallest absolute Gasteiger partial charge is 0.336 e. The molecular weight excluding hydrogens is 296 g/mol. The second-order valence-electron chi connectivity index (χ2n) is 5.29. The van der Waals surface area contributed by atoms with Gasteiger partial charge in [0.05, 0.1) is 5.56 Å². The number of hydrogen-bond donors (Lipinski definition) is 2. The SMILES string of the molecule is CCc1cccc(C(=O)O)c1COc1cc(C)c(S)cc1C. The van der Waals surface area contributed by atoms with Crippen molar-refractivity contribution >= 4 is 18.6 Å². The number of thiol groups is 1. The monoisotopic (exact) mass is 316 g/mol. The van der Waals surface area contributed by atoms with Crippen LogP contribution in [0, 0.1) is 13.8 Å². The lowest BCUT2D eigenvalue weighted by Gasteiger charge is -2.15. The van der Waals surface area contributed by atoms with Gasteiger partial charge in [-0.1, -0.05) is 19.1 Å². The van der Waals surface area contributed by atoms with Gasteiger partial charge in [0.15, 0.2) is 0 Å². The Morgan fingerprint density at radius 2 is 1.95 bits per heavy atom. The molecule has 2 aromatic rings. The molecule has 0 aliphatic heterocycles. The summed E-state index contributed by atoms with van der Waals surface area (Å²) in [6.45, 7) is 6.18. The zero-order chi connectivity index (χ0) is 16.3. The normalized spacial score (nSPS) is 10.5. The van der Waals surface area contributed by atoms with Crippen LogP contribution in [0.2, 0.25) is 0 Å². The van der Waals surface area contributed by atoms with E-state index in [4.69, 9.17) is 4.74 Å². The lowest BCUT2D eigenvalue weighted by atomic mass is 10.00. The summed E-state index contributed by atoms with van der Waals surface area (Å²) in [5.74, 6) is -0.162. The van der Waals surface area contributed by atoms with Crippen molar-refractivity contribution in [2.75, 3.05) is 0 Å². The second-order valence-corrected chi connectivity index (χ2v) is 5.78. The zero-order valence-corrected chi connectivity index (χ0v) is 13.9. The first kappa shape index (κ1) is 16.4. The summed E-state index contributed by atoms with van der Waals surface area (Å²) in [4.78, 5) is 12.3. The van der Waals surface area contributed by atoms with Gasteiger partial charge in [-0.2, -0.15) is 0 Å². The molecule has 2 aromatic carbocycles. The summed E-state index contributed by atoms with van der Waals surface area (Å²) < 4.78 is 5.89. The summed E-state index contributed by atoms with van der Waals surface area (Å²) >= 11 is 4.39. The van der Waals surface area contributed by atoms with Crippen LogP contribution in [0.5, 0.6) is 5.75 Å². The number of ether oxygens (including phenoxy) is 1. The summed E-state index contributed by atoms with van der Waals surface area (Å²) in [6.07, 6.45) is 0.771. The Kier molecular flexibility index (Phi) is 5.14. The molecule has 0 saturated heterocycles. The van der Waals surface area contributed by atoms with Crippen LogP contribution in [-0.2, 0) is 13.0 Å². The molecule has 0 spiro atoms. The van der Waals surface area contributed by atoms with E-state index in [1.165, 1.54) is 0 Å². The maximum atomic E-state index is 11.4. The molecule has 0 fully saturated rings. The van der Waals surface area contributed by atoms with E-state index in [9.17, 15) is 9.90 Å². The predicted octanol–water partition coefficient (Wildman–Crippen LogP) is 4.43. The third-order valence-electron chi connectivity index (χ3n) is 3.75. The molecule has 0 aromatic heterocycles. The highest BCUT2D eigenvalue weighted by Crippen LogP contribution is 2.26. The van der Waals surface area contributed by atoms with Gasteiger partial charge in [0, 0.05) is 10.5 Å². The fraction of sp³-hybridized carbons (Fsp3) is 0.278. The van der Waals surface area contributed by atoms with E-state index >= 15 is 0 Å². The molecule has 0 aliphatic rings. The van der Waals surface area contributed by atoms with E-state index in [0.29, 0.717) is 5.56 Å². The van der Waals surface area contributed by atoms with Crippen molar-refractivity contribution in [3.05, 3.63) is 58.1 Å². The summed E-state index contributed by atoms with van der Waals surface area (Å²) in [6, 6.07) is 9.23. The average molecular weight is 316 g/mol. The van der Waals surface area contributed by atoms with Crippen LogP contribution >= 0.6 is 12.6 Å². The quantitative estimate of drug-likeness (QED) is 0.802. The fourth-order valence-electron chi connectivity index (χ4n) is 2.42. The first-order chi connectivity index (χ1) is 10.4. The first-order valence-electron chi connectivity index (χ1n) is 7.21. The third kappa shape index (κ3) is 3.45. The number of rotatable bonds is 5. The lowest BCUT2D eigenvalue weighted by molar-refractivity contribution is 0.0693. The van der Waals surface area contributed by atoms with Crippen LogP contribution < -0.4 is 4.74 Å². The van der Waals surface area contributed by atoms with Gasteiger partial charge in [-0.15, -0.1) is 12.6 Å². The van der Waals surface area contributed by atoms with Gasteiger partial charge in [-0.05, 0) is 55.2 Å². The molecule has 0 aliphatic carbocycles. The second kappa shape index (κ2) is 6.88. The number of hydrogen-bond acceptors (Lipinski definition) is 3. The van der Waals surface area contributed by atoms with Gasteiger partial charge < -0.3 is 9.84 Å². The number of carboxylic acid groups (broad SMARTS) is 1. The minimum absolute atomic E-state index is 0.248. The molecule has 0 radical (unpaired) electrons. The van der Waals surface area contributed by atoms with Crippen LogP contribution in [0.1, 0.15) is 39.5 Å². The highest BCUT2D eigenvalue weighted by molar-refractivity contribution is 7.80. The highest BCUT2D eigenvalue weighted by atomic mass is 32.1. The van der Waals surface area contributed by atoms with Gasteiger partial charge in [0.2, 0.25) is 0 Å². The van der Waals surface area contributed by atoms with Crippen molar-refractivity contribution in [2.24, 2.45) is 0 Å². The Morgan fingerprint density at radius 1 is 1.23 bits per heavy atom. The van der Waals surface area contributed by atoms with Gasteiger partial charge in [0.25, 0.3) is 0 Å². The van der Waals surface area contributed by atoms with E-state index in [0.717, 1.165) is 39.3 Å². The van der Waals surface area contributed by atoms with E-state index < -0.39 is 5.97 Å². The van der Waals surface area contributed by atoms with Crippen molar-refractivity contribution in [3.63, 3.8) is 0 Å². The van der Waals surface area contributed by atoms with Crippen LogP contribution in [0.15, 0.2) is 35.2 Å². The largest absolute Gasteiger partial charge is 0.489 e. The van der Waals surface area contributed by atoms with Crippen LogP contribution in [0.3, 0.4) is 0 Å². The third-order valence-corrected chi connectivity index (χ3v) is 4.23. The number of carbonyl (C=O) groups is 1. The molecule has 0 bridgehead atoms. The number of aromatic carboxylic acids is 1. The predicted molar refractivity (Wildman–Crippen MR) is 90.3 cm³/mol. The molecule has 22 heavy (non-hydrogen) atoms. The number of aryl methyl sites for hydroxylation is 3. The fourth-order valence-corrected chi connectivity index (χ4v) is 2.67. The zero-order valence-electron chi connectivity index (χ0n) is 13.0. The van der Waals surface area contributed by atoms with Gasteiger partial charge in [0.1, 0.15) is 12.4 Å². The van der Waals surface area contributed by atoms with Crippen molar-refractivity contribution < 1.29 is 14.6 Å².